The SMILES string of the molecule is COc1ccc2c(c1)C(O)(CCC(C)(C)C)CC2. The van der Waals surface area contributed by atoms with Crippen LogP contribution in [-0.2, 0) is 12.0 Å². The van der Waals surface area contributed by atoms with E-state index < -0.39 is 5.60 Å². The lowest BCUT2D eigenvalue weighted by Crippen LogP contribution is -2.24. The van der Waals surface area contributed by atoms with Gasteiger partial charge in [-0.3, -0.25) is 0 Å². The van der Waals surface area contributed by atoms with Gasteiger partial charge in [0, 0.05) is 0 Å². The van der Waals surface area contributed by atoms with Crippen molar-refractivity contribution in [1.29, 1.82) is 0 Å². The van der Waals surface area contributed by atoms with Crippen LogP contribution >= 0.6 is 0 Å². The van der Waals surface area contributed by atoms with Crippen molar-refractivity contribution >= 4 is 0 Å². The third-order valence-electron chi connectivity index (χ3n) is 3.91. The Morgan fingerprint density at radius 3 is 2.67 bits per heavy atom. The van der Waals surface area contributed by atoms with E-state index in [9.17, 15) is 5.11 Å². The normalized spacial score (nSPS) is 22.9. The van der Waals surface area contributed by atoms with E-state index >= 15 is 0 Å². The summed E-state index contributed by atoms with van der Waals surface area (Å²) in [6, 6.07) is 6.07. The molecule has 1 aromatic carbocycles. The molecule has 0 aromatic heterocycles. The van der Waals surface area contributed by atoms with E-state index in [1.807, 2.05) is 12.1 Å². The van der Waals surface area contributed by atoms with E-state index in [0.29, 0.717) is 0 Å². The van der Waals surface area contributed by atoms with Crippen molar-refractivity contribution in [3.63, 3.8) is 0 Å². The maximum absolute atomic E-state index is 10.9. The second kappa shape index (κ2) is 4.58. The van der Waals surface area contributed by atoms with Gasteiger partial charge in [0.1, 0.15) is 5.75 Å². The number of benzene rings is 1. The van der Waals surface area contributed by atoms with E-state index in [-0.39, 0.29) is 5.41 Å². The molecule has 1 atom stereocenters. The molecule has 0 fully saturated rings. The summed E-state index contributed by atoms with van der Waals surface area (Å²) in [5.74, 6) is 0.838. The van der Waals surface area contributed by atoms with E-state index in [2.05, 4.69) is 26.8 Å². The van der Waals surface area contributed by atoms with Crippen LogP contribution in [0.3, 0.4) is 0 Å². The molecule has 0 bridgehead atoms. The van der Waals surface area contributed by atoms with Gasteiger partial charge in [0.2, 0.25) is 0 Å². The van der Waals surface area contributed by atoms with Crippen molar-refractivity contribution in [2.45, 2.75) is 52.1 Å². The number of methoxy groups -OCH3 is 1. The van der Waals surface area contributed by atoms with Crippen LogP contribution in [0.5, 0.6) is 5.75 Å². The quantitative estimate of drug-likeness (QED) is 0.884. The Bertz CT molecular complexity index is 431. The molecule has 18 heavy (non-hydrogen) atoms. The van der Waals surface area contributed by atoms with Gasteiger partial charge in [-0.15, -0.1) is 0 Å². The van der Waals surface area contributed by atoms with Gasteiger partial charge in [0.05, 0.1) is 12.7 Å². The van der Waals surface area contributed by atoms with Crippen LogP contribution in [0.1, 0.15) is 51.2 Å². The van der Waals surface area contributed by atoms with Crippen molar-refractivity contribution in [1.82, 2.24) is 0 Å². The highest BCUT2D eigenvalue weighted by molar-refractivity contribution is 5.42. The van der Waals surface area contributed by atoms with Gasteiger partial charge in [0.15, 0.2) is 0 Å². The summed E-state index contributed by atoms with van der Waals surface area (Å²) in [7, 11) is 1.67. The van der Waals surface area contributed by atoms with Crippen molar-refractivity contribution in [2.75, 3.05) is 7.11 Å². The number of aliphatic hydroxyl groups is 1. The first-order chi connectivity index (χ1) is 8.34. The molecule has 2 rings (SSSR count). The second-order valence-electron chi connectivity index (χ2n) is 6.62. The van der Waals surface area contributed by atoms with Gasteiger partial charge in [0.25, 0.3) is 0 Å². The zero-order chi connectivity index (χ0) is 13.4. The number of aryl methyl sites for hydroxylation is 1. The average Bonchev–Trinajstić information content (AvgIpc) is 2.64. The average molecular weight is 248 g/mol. The highest BCUT2D eigenvalue weighted by Gasteiger charge is 2.37. The van der Waals surface area contributed by atoms with E-state index in [1.165, 1.54) is 5.56 Å². The number of hydrogen-bond acceptors (Lipinski definition) is 2. The lowest BCUT2D eigenvalue weighted by atomic mass is 9.82. The van der Waals surface area contributed by atoms with Crippen LogP contribution in [0, 0.1) is 5.41 Å². The summed E-state index contributed by atoms with van der Waals surface area (Å²) in [6.45, 7) is 6.66. The molecule has 100 valence electrons. The third kappa shape index (κ3) is 2.69. The molecule has 1 N–H and O–H groups in total. The Morgan fingerprint density at radius 1 is 1.33 bits per heavy atom. The first kappa shape index (κ1) is 13.4. The molecule has 0 aliphatic heterocycles. The summed E-state index contributed by atoms with van der Waals surface area (Å²) in [6.07, 6.45) is 3.67. The highest BCUT2D eigenvalue weighted by atomic mass is 16.5. The van der Waals surface area contributed by atoms with E-state index in [1.54, 1.807) is 7.11 Å². The van der Waals surface area contributed by atoms with Crippen LogP contribution in [-0.4, -0.2) is 12.2 Å². The maximum Gasteiger partial charge on any atom is 0.119 e. The molecule has 0 saturated carbocycles. The van der Waals surface area contributed by atoms with Crippen LogP contribution in [0.4, 0.5) is 0 Å². The standard InChI is InChI=1S/C16H24O2/c1-15(2,3)9-10-16(17)8-7-12-5-6-13(18-4)11-14(12)16/h5-6,11,17H,7-10H2,1-4H3. The molecule has 0 radical (unpaired) electrons. The zero-order valence-corrected chi connectivity index (χ0v) is 11.9. The zero-order valence-electron chi connectivity index (χ0n) is 11.9. The molecule has 0 spiro atoms. The van der Waals surface area contributed by atoms with Gasteiger partial charge in [-0.1, -0.05) is 26.8 Å². The minimum Gasteiger partial charge on any atom is -0.497 e. The molecular weight excluding hydrogens is 224 g/mol. The summed E-state index contributed by atoms with van der Waals surface area (Å²) >= 11 is 0. The third-order valence-corrected chi connectivity index (χ3v) is 3.91. The smallest absolute Gasteiger partial charge is 0.119 e. The second-order valence-corrected chi connectivity index (χ2v) is 6.62. The van der Waals surface area contributed by atoms with Gasteiger partial charge in [-0.2, -0.15) is 0 Å². The van der Waals surface area contributed by atoms with E-state index in [0.717, 1.165) is 37.0 Å². The van der Waals surface area contributed by atoms with Crippen LogP contribution in [0.2, 0.25) is 0 Å². The minimum atomic E-state index is -0.656. The van der Waals surface area contributed by atoms with Crippen LogP contribution in [0.15, 0.2) is 18.2 Å². The predicted molar refractivity (Wildman–Crippen MR) is 73.9 cm³/mol. The minimum absolute atomic E-state index is 0.261. The van der Waals surface area contributed by atoms with Gasteiger partial charge < -0.3 is 9.84 Å². The fourth-order valence-electron chi connectivity index (χ4n) is 2.65. The topological polar surface area (TPSA) is 29.5 Å². The first-order valence-corrected chi connectivity index (χ1v) is 6.74. The fraction of sp³-hybridized carbons (Fsp3) is 0.625. The molecule has 1 aliphatic rings. The predicted octanol–water partition coefficient (Wildman–Crippen LogP) is 3.66. The monoisotopic (exact) mass is 248 g/mol. The van der Waals surface area contributed by atoms with Crippen molar-refractivity contribution in [3.8, 4) is 5.75 Å². The maximum atomic E-state index is 10.9. The Kier molecular flexibility index (Phi) is 3.41. The molecule has 2 heteroatoms. The molecule has 2 nitrogen and oxygen atoms in total. The first-order valence-electron chi connectivity index (χ1n) is 6.74. The van der Waals surface area contributed by atoms with Crippen molar-refractivity contribution in [3.05, 3.63) is 29.3 Å². The Morgan fingerprint density at radius 2 is 2.06 bits per heavy atom. The molecule has 0 saturated heterocycles. The summed E-state index contributed by atoms with van der Waals surface area (Å²) in [5.41, 5.74) is 1.95. The fourth-order valence-corrected chi connectivity index (χ4v) is 2.65. The largest absolute Gasteiger partial charge is 0.497 e. The molecule has 1 aromatic rings. The van der Waals surface area contributed by atoms with Crippen molar-refractivity contribution in [2.24, 2.45) is 5.41 Å². The van der Waals surface area contributed by atoms with Crippen LogP contribution < -0.4 is 4.74 Å². The summed E-state index contributed by atoms with van der Waals surface area (Å²) in [4.78, 5) is 0. The van der Waals surface area contributed by atoms with Gasteiger partial charge >= 0.3 is 0 Å². The highest BCUT2D eigenvalue weighted by Crippen LogP contribution is 2.43. The van der Waals surface area contributed by atoms with E-state index in [4.69, 9.17) is 4.74 Å². The molecule has 1 unspecified atom stereocenters. The summed E-state index contributed by atoms with van der Waals surface area (Å²) < 4.78 is 5.27. The number of hydrogen-bond donors (Lipinski definition) is 1. The Labute approximate surface area is 110 Å². The van der Waals surface area contributed by atoms with Gasteiger partial charge in [-0.05, 0) is 54.4 Å². The number of ether oxygens (including phenoxy) is 1. The van der Waals surface area contributed by atoms with Gasteiger partial charge in [-0.25, -0.2) is 0 Å². The number of rotatable bonds is 3. The molecule has 0 heterocycles. The Balaban J connectivity index is 2.23. The number of fused-ring (bicyclic) bond motifs is 1. The Hall–Kier alpha value is -1.02. The van der Waals surface area contributed by atoms with Crippen LogP contribution in [0.25, 0.3) is 0 Å². The molecule has 1 aliphatic carbocycles. The molecular formula is C16H24O2. The lowest BCUT2D eigenvalue weighted by molar-refractivity contribution is 0.0184. The van der Waals surface area contributed by atoms with Crippen molar-refractivity contribution < 1.29 is 9.84 Å². The lowest BCUT2D eigenvalue weighted by Gasteiger charge is -2.28. The molecule has 0 amide bonds. The summed E-state index contributed by atoms with van der Waals surface area (Å²) in [5, 5.41) is 10.9.